The van der Waals surface area contributed by atoms with E-state index in [1.165, 1.54) is 43.7 Å². The number of non-ortho nitro benzene ring substituents is 2. The molecular weight excluding hydrogens is 594 g/mol. The molecule has 46 heavy (non-hydrogen) atoms. The summed E-state index contributed by atoms with van der Waals surface area (Å²) in [4.78, 5) is 64.5. The second-order valence-electron chi connectivity index (χ2n) is 11.2. The third-order valence-corrected chi connectivity index (χ3v) is 9.05. The van der Waals surface area contributed by atoms with Gasteiger partial charge in [-0.3, -0.25) is 34.6 Å². The van der Waals surface area contributed by atoms with Gasteiger partial charge < -0.3 is 4.74 Å². The number of nitro benzene ring substituents is 2. The summed E-state index contributed by atoms with van der Waals surface area (Å²) in [6, 6.07) is 23.8. The minimum absolute atomic E-state index is 0.0103. The van der Waals surface area contributed by atoms with Crippen LogP contribution in [0.15, 0.2) is 96.1 Å². The maximum atomic E-state index is 14.6. The van der Waals surface area contributed by atoms with E-state index >= 15 is 0 Å². The fourth-order valence-corrected chi connectivity index (χ4v) is 7.27. The number of ether oxygens (including phenoxy) is 1. The Bertz CT molecular complexity index is 1990. The predicted molar refractivity (Wildman–Crippen MR) is 164 cm³/mol. The van der Waals surface area contributed by atoms with Gasteiger partial charge in [0.15, 0.2) is 0 Å². The van der Waals surface area contributed by atoms with E-state index < -0.39 is 50.7 Å². The van der Waals surface area contributed by atoms with E-state index in [1.54, 1.807) is 0 Å². The molecule has 2 bridgehead atoms. The molecule has 3 amide bonds. The Morgan fingerprint density at radius 2 is 1.50 bits per heavy atom. The quantitative estimate of drug-likeness (QED) is 0.137. The summed E-state index contributed by atoms with van der Waals surface area (Å²) >= 11 is 0. The first-order valence-corrected chi connectivity index (χ1v) is 14.2. The maximum Gasteiger partial charge on any atom is 0.273 e. The molecular formula is C33H23N5O8. The predicted octanol–water partition coefficient (Wildman–Crippen LogP) is 4.48. The molecule has 1 heterocycles. The number of rotatable bonds is 7. The Morgan fingerprint density at radius 3 is 2.13 bits per heavy atom. The minimum atomic E-state index is -1.31. The molecule has 1 saturated heterocycles. The first kappa shape index (κ1) is 28.5. The van der Waals surface area contributed by atoms with Crippen molar-refractivity contribution in [3.05, 3.63) is 139 Å². The van der Waals surface area contributed by atoms with Crippen LogP contribution in [0.2, 0.25) is 0 Å². The van der Waals surface area contributed by atoms with Crippen molar-refractivity contribution in [3.8, 4) is 5.75 Å². The molecule has 0 unspecified atom stereocenters. The first-order valence-electron chi connectivity index (χ1n) is 14.2. The number of carbonyl (C=O) groups excluding carboxylic acids is 3. The van der Waals surface area contributed by atoms with Crippen LogP contribution >= 0.6 is 0 Å². The van der Waals surface area contributed by atoms with Crippen LogP contribution in [0.5, 0.6) is 5.75 Å². The van der Waals surface area contributed by atoms with Crippen molar-refractivity contribution in [1.29, 1.82) is 0 Å². The lowest BCUT2D eigenvalue weighted by Gasteiger charge is -2.52. The number of amides is 3. The van der Waals surface area contributed by atoms with Gasteiger partial charge in [-0.1, -0.05) is 54.6 Å². The van der Waals surface area contributed by atoms with Gasteiger partial charge in [-0.15, -0.1) is 0 Å². The van der Waals surface area contributed by atoms with Crippen LogP contribution in [0.25, 0.3) is 0 Å². The zero-order chi connectivity index (χ0) is 32.3. The van der Waals surface area contributed by atoms with Crippen molar-refractivity contribution in [2.75, 3.05) is 12.0 Å². The van der Waals surface area contributed by atoms with Gasteiger partial charge in [-0.2, -0.15) is 5.10 Å². The minimum Gasteiger partial charge on any atom is -0.494 e. The number of nitro groups is 2. The van der Waals surface area contributed by atoms with Crippen LogP contribution in [0, 0.1) is 32.1 Å². The summed E-state index contributed by atoms with van der Waals surface area (Å²) in [6.45, 7) is 0. The number of hydrogen-bond acceptors (Lipinski definition) is 9. The number of hydrogen-bond donors (Lipinski definition) is 1. The number of benzene rings is 4. The number of imide groups is 1. The molecule has 228 valence electrons. The average Bonchev–Trinajstić information content (AvgIpc) is 3.34. The Morgan fingerprint density at radius 1 is 0.870 bits per heavy atom. The normalized spacial score (nSPS) is 22.3. The molecule has 2 atom stereocenters. The summed E-state index contributed by atoms with van der Waals surface area (Å²) < 4.78 is 5.41. The van der Waals surface area contributed by atoms with Crippen LogP contribution in [0.1, 0.15) is 38.5 Å². The van der Waals surface area contributed by atoms with Crippen molar-refractivity contribution in [2.45, 2.75) is 11.3 Å². The van der Waals surface area contributed by atoms with Crippen LogP contribution in [-0.4, -0.2) is 40.9 Å². The van der Waals surface area contributed by atoms with E-state index in [1.807, 2.05) is 48.5 Å². The van der Waals surface area contributed by atoms with Gasteiger partial charge in [0.2, 0.25) is 11.8 Å². The molecule has 13 heteroatoms. The third-order valence-electron chi connectivity index (χ3n) is 9.05. The average molecular weight is 618 g/mol. The number of carbonyl (C=O) groups is 3. The second-order valence-corrected chi connectivity index (χ2v) is 11.2. The van der Waals surface area contributed by atoms with E-state index in [9.17, 15) is 34.6 Å². The lowest BCUT2D eigenvalue weighted by atomic mass is 9.47. The maximum absolute atomic E-state index is 14.6. The van der Waals surface area contributed by atoms with E-state index in [0.717, 1.165) is 39.3 Å². The van der Waals surface area contributed by atoms with Crippen LogP contribution in [-0.2, 0) is 15.0 Å². The monoisotopic (exact) mass is 617 g/mol. The summed E-state index contributed by atoms with van der Waals surface area (Å²) in [5.74, 6) is -4.09. The van der Waals surface area contributed by atoms with Crippen molar-refractivity contribution < 1.29 is 29.0 Å². The molecule has 3 aliphatic carbocycles. The molecule has 4 aromatic carbocycles. The van der Waals surface area contributed by atoms with Gasteiger partial charge in [0.05, 0.1) is 46.0 Å². The standard InChI is InChI=1S/C33H23N5O8/c1-46-26-16-20(38(44)45)13-14-25(26)36-31(40)28-27-21-9-2-4-11-23(21)33(29(28)32(36)41,24-12-5-3-10-22(24)27)17-34-35-30(39)18-7-6-8-19(15-18)37(42)43/h2-17,27-29H,1H3,(H,35,39)/b34-17-/t27?,28-,29-,33?/m0/s1. The van der Waals surface area contributed by atoms with Gasteiger partial charge in [0.1, 0.15) is 5.75 Å². The molecule has 8 rings (SSSR count). The molecule has 0 aromatic heterocycles. The van der Waals surface area contributed by atoms with E-state index in [4.69, 9.17) is 4.74 Å². The second kappa shape index (κ2) is 10.4. The van der Waals surface area contributed by atoms with Crippen LogP contribution < -0.4 is 15.1 Å². The highest BCUT2D eigenvalue weighted by Crippen LogP contribution is 2.64. The zero-order valence-electron chi connectivity index (χ0n) is 24.0. The highest BCUT2D eigenvalue weighted by atomic mass is 16.6. The molecule has 1 N–H and O–H groups in total. The first-order chi connectivity index (χ1) is 22.2. The highest BCUT2D eigenvalue weighted by molar-refractivity contribution is 6.25. The molecule has 13 nitrogen and oxygen atoms in total. The van der Waals surface area contributed by atoms with Gasteiger partial charge in [-0.05, 0) is 34.4 Å². The van der Waals surface area contributed by atoms with E-state index in [-0.39, 0.29) is 28.4 Å². The van der Waals surface area contributed by atoms with Crippen molar-refractivity contribution in [2.24, 2.45) is 16.9 Å². The number of hydrazone groups is 1. The molecule has 1 aliphatic heterocycles. The number of nitrogens with one attached hydrogen (secondary N) is 1. The molecule has 0 saturated carbocycles. The molecule has 4 aliphatic rings. The number of anilines is 1. The summed E-state index contributed by atoms with van der Waals surface area (Å²) in [5, 5.41) is 27.0. The van der Waals surface area contributed by atoms with Gasteiger partial charge in [0, 0.05) is 35.9 Å². The molecule has 4 aromatic rings. The highest BCUT2D eigenvalue weighted by Gasteiger charge is 2.68. The number of methoxy groups -OCH3 is 1. The van der Waals surface area contributed by atoms with Gasteiger partial charge in [0.25, 0.3) is 17.3 Å². The van der Waals surface area contributed by atoms with Gasteiger partial charge >= 0.3 is 0 Å². The smallest absolute Gasteiger partial charge is 0.273 e. The lowest BCUT2D eigenvalue weighted by Crippen LogP contribution is -2.54. The molecule has 0 spiro atoms. The fraction of sp³-hybridized carbons (Fsp3) is 0.152. The topological polar surface area (TPSA) is 174 Å². The summed E-state index contributed by atoms with van der Waals surface area (Å²) in [6.07, 6.45) is 1.47. The summed E-state index contributed by atoms with van der Waals surface area (Å²) in [5.41, 5.74) is 3.86. The Kier molecular flexibility index (Phi) is 6.47. The molecule has 1 fully saturated rings. The van der Waals surface area contributed by atoms with E-state index in [2.05, 4.69) is 10.5 Å². The lowest BCUT2D eigenvalue weighted by molar-refractivity contribution is -0.385. The van der Waals surface area contributed by atoms with Gasteiger partial charge in [-0.25, -0.2) is 10.3 Å². The van der Waals surface area contributed by atoms with Crippen LogP contribution in [0.4, 0.5) is 17.1 Å². The van der Waals surface area contributed by atoms with Crippen molar-refractivity contribution in [1.82, 2.24) is 5.43 Å². The summed E-state index contributed by atoms with van der Waals surface area (Å²) in [7, 11) is 1.30. The Labute approximate surface area is 260 Å². The number of nitrogens with zero attached hydrogens (tertiary/aromatic N) is 4. The van der Waals surface area contributed by atoms with Crippen LogP contribution in [0.3, 0.4) is 0 Å². The fourth-order valence-electron chi connectivity index (χ4n) is 7.27. The largest absolute Gasteiger partial charge is 0.494 e. The Balaban J connectivity index is 1.38. The third kappa shape index (κ3) is 3.94. The van der Waals surface area contributed by atoms with Crippen molar-refractivity contribution >= 4 is 41.0 Å². The van der Waals surface area contributed by atoms with Crippen molar-refractivity contribution in [3.63, 3.8) is 0 Å². The zero-order valence-corrected chi connectivity index (χ0v) is 24.0. The van der Waals surface area contributed by atoms with E-state index in [0.29, 0.717) is 0 Å². The Hall–Kier alpha value is -6.24. The molecule has 0 radical (unpaired) electrons. The SMILES string of the molecule is COc1cc([N+](=O)[O-])ccc1N1C(=O)[C@@H]2[C@@H](C1=O)C1c3ccccc3C2(/C=N\NC(=O)c2cccc([N+](=O)[O-])c2)c2ccccc21.